The summed E-state index contributed by atoms with van der Waals surface area (Å²) in [5.41, 5.74) is 0. The molecule has 0 rings (SSSR count). The molecule has 2 nitrogen and oxygen atoms in total. The third-order valence-corrected chi connectivity index (χ3v) is 7.36. The lowest BCUT2D eigenvalue weighted by Gasteiger charge is -2.23. The zero-order chi connectivity index (χ0) is 27.4. The minimum absolute atomic E-state index is 0. The van der Waals surface area contributed by atoms with Crippen LogP contribution in [0.3, 0.4) is 0 Å². The van der Waals surface area contributed by atoms with Crippen LogP contribution >= 0.6 is 0 Å². The molecule has 236 valence electrons. The number of halogens is 2. The second-order valence-corrected chi connectivity index (χ2v) is 13.8. The molecule has 0 spiro atoms. The number of nitrogens with zero attached hydrogens (tertiary/aromatic N) is 2. The normalized spacial score (nSPS) is 11.4. The van der Waals surface area contributed by atoms with Gasteiger partial charge in [-0.05, 0) is 25.7 Å². The first-order chi connectivity index (χ1) is 17.1. The second-order valence-electron chi connectivity index (χ2n) is 13.8. The van der Waals surface area contributed by atoms with Gasteiger partial charge in [-0.3, -0.25) is 0 Å². The van der Waals surface area contributed by atoms with E-state index in [1.807, 2.05) is 0 Å². The zero-order valence-corrected chi connectivity index (χ0v) is 29.5. The Morgan fingerprint density at radius 1 is 0.263 bits per heavy atom. The highest BCUT2D eigenvalue weighted by Crippen LogP contribution is 2.13. The van der Waals surface area contributed by atoms with Gasteiger partial charge < -0.3 is 33.8 Å². The van der Waals surface area contributed by atoms with Gasteiger partial charge in [0.25, 0.3) is 0 Å². The first-order valence-corrected chi connectivity index (χ1v) is 16.7. The summed E-state index contributed by atoms with van der Waals surface area (Å²) in [6.07, 6.45) is 34.8. The van der Waals surface area contributed by atoms with Gasteiger partial charge in [0.15, 0.2) is 0 Å². The molecule has 0 aromatic carbocycles. The van der Waals surface area contributed by atoms with Gasteiger partial charge in [0.2, 0.25) is 0 Å². The Kier molecular flexibility index (Phi) is 40.3. The Labute approximate surface area is 256 Å². The summed E-state index contributed by atoms with van der Waals surface area (Å²) < 4.78 is 2.25. The lowest BCUT2D eigenvalue weighted by Crippen LogP contribution is -3.00. The zero-order valence-electron chi connectivity index (χ0n) is 28.0. The van der Waals surface area contributed by atoms with Gasteiger partial charge in [-0.2, -0.15) is 0 Å². The van der Waals surface area contributed by atoms with E-state index in [1.54, 1.807) is 0 Å². The molecule has 0 saturated carbocycles. The molecule has 0 N–H and O–H groups in total. The highest BCUT2D eigenvalue weighted by Gasteiger charge is 2.05. The Morgan fingerprint density at radius 3 is 0.579 bits per heavy atom. The smallest absolute Gasteiger partial charge is 0.0780 e. The van der Waals surface area contributed by atoms with Crippen molar-refractivity contribution in [1.29, 1.82) is 0 Å². The molecule has 38 heavy (non-hydrogen) atoms. The van der Waals surface area contributed by atoms with Gasteiger partial charge in [-0.1, -0.05) is 142 Å². The highest BCUT2D eigenvalue weighted by molar-refractivity contribution is 4.49. The summed E-state index contributed by atoms with van der Waals surface area (Å²) in [5, 5.41) is 0. The summed E-state index contributed by atoms with van der Waals surface area (Å²) >= 11 is 0. The molecule has 0 saturated heterocycles. The molecule has 0 aromatic rings. The van der Waals surface area contributed by atoms with Crippen molar-refractivity contribution in [2.75, 3.05) is 55.4 Å². The minimum Gasteiger partial charge on any atom is -1.00 e. The summed E-state index contributed by atoms with van der Waals surface area (Å²) in [6, 6.07) is 0. The van der Waals surface area contributed by atoms with Crippen LogP contribution in [-0.4, -0.2) is 64.3 Å². The molecular formula is C34H76Cl2N2. The van der Waals surface area contributed by atoms with Crippen LogP contribution in [0.1, 0.15) is 168 Å². The number of hydrogen-bond donors (Lipinski definition) is 0. The van der Waals surface area contributed by atoms with Crippen molar-refractivity contribution in [3.63, 3.8) is 0 Å². The van der Waals surface area contributed by atoms with Crippen molar-refractivity contribution in [3.8, 4) is 0 Å². The maximum absolute atomic E-state index is 2.29. The average Bonchev–Trinajstić information content (AvgIpc) is 2.79. The fourth-order valence-corrected chi connectivity index (χ4v) is 4.85. The van der Waals surface area contributed by atoms with Crippen molar-refractivity contribution in [2.45, 2.75) is 168 Å². The van der Waals surface area contributed by atoms with E-state index in [1.165, 1.54) is 167 Å². The molecule has 0 aliphatic rings. The predicted molar refractivity (Wildman–Crippen MR) is 168 cm³/mol. The maximum atomic E-state index is 2.29. The number of rotatable bonds is 26. The van der Waals surface area contributed by atoms with Crippen molar-refractivity contribution >= 4 is 0 Å². The van der Waals surface area contributed by atoms with Crippen LogP contribution < -0.4 is 24.8 Å². The van der Waals surface area contributed by atoms with Crippen molar-refractivity contribution < 1.29 is 33.8 Å². The fourth-order valence-electron chi connectivity index (χ4n) is 4.85. The summed E-state index contributed by atoms with van der Waals surface area (Å²) in [4.78, 5) is 0. The van der Waals surface area contributed by atoms with Crippen LogP contribution in [0, 0.1) is 0 Å². The Balaban J connectivity index is -0.000000295. The number of unbranched alkanes of at least 4 members (excludes halogenated alkanes) is 22. The molecule has 0 bridgehead atoms. The molecular weight excluding hydrogens is 507 g/mol. The first kappa shape index (κ1) is 45.5. The summed E-state index contributed by atoms with van der Waals surface area (Å²) in [7, 11) is 13.7. The number of quaternary nitrogens is 2. The summed E-state index contributed by atoms with van der Waals surface area (Å²) in [6.45, 7) is 7.24. The van der Waals surface area contributed by atoms with Crippen LogP contribution in [0.5, 0.6) is 0 Å². The van der Waals surface area contributed by atoms with Crippen LogP contribution in [0.2, 0.25) is 0 Å². The fraction of sp³-hybridized carbons (Fsp3) is 1.00. The monoisotopic (exact) mass is 583 g/mol. The molecule has 0 heterocycles. The largest absolute Gasteiger partial charge is 1.00 e. The van der Waals surface area contributed by atoms with Crippen LogP contribution in [0.4, 0.5) is 0 Å². The third-order valence-electron chi connectivity index (χ3n) is 7.36. The first-order valence-electron chi connectivity index (χ1n) is 16.7. The van der Waals surface area contributed by atoms with E-state index in [2.05, 4.69) is 56.1 Å². The molecule has 0 radical (unpaired) electrons. The van der Waals surface area contributed by atoms with Gasteiger partial charge in [0.05, 0.1) is 55.4 Å². The van der Waals surface area contributed by atoms with E-state index in [0.29, 0.717) is 0 Å². The molecule has 0 atom stereocenters. The Bertz CT molecular complexity index is 402. The minimum atomic E-state index is 0. The highest BCUT2D eigenvalue weighted by atomic mass is 35.5. The molecule has 0 aromatic heterocycles. The Morgan fingerprint density at radius 2 is 0.421 bits per heavy atom. The lowest BCUT2D eigenvalue weighted by atomic mass is 10.0. The van der Waals surface area contributed by atoms with E-state index in [-0.39, 0.29) is 24.8 Å². The molecule has 0 amide bonds. The Hall–Kier alpha value is 0.500. The van der Waals surface area contributed by atoms with Crippen molar-refractivity contribution in [1.82, 2.24) is 0 Å². The molecule has 0 aliphatic heterocycles. The molecule has 0 unspecified atom stereocenters. The lowest BCUT2D eigenvalue weighted by molar-refractivity contribution is -0.870. The number of hydrogen-bond acceptors (Lipinski definition) is 0. The second kappa shape index (κ2) is 33.7. The maximum Gasteiger partial charge on any atom is 0.0780 e. The van der Waals surface area contributed by atoms with Crippen LogP contribution in [0.15, 0.2) is 0 Å². The van der Waals surface area contributed by atoms with Gasteiger partial charge in [-0.15, -0.1) is 0 Å². The van der Waals surface area contributed by atoms with E-state index in [4.69, 9.17) is 0 Å². The van der Waals surface area contributed by atoms with Crippen molar-refractivity contribution in [3.05, 3.63) is 0 Å². The SMILES string of the molecule is CCCCCCCCCCCCCCCC[N+](C)(C)C.CCCCCCCCCCCC[N+](C)(C)C.[Cl-].[Cl-]. The van der Waals surface area contributed by atoms with Gasteiger partial charge in [0, 0.05) is 0 Å². The van der Waals surface area contributed by atoms with Gasteiger partial charge in [0.1, 0.15) is 0 Å². The van der Waals surface area contributed by atoms with Gasteiger partial charge >= 0.3 is 0 Å². The molecule has 0 aliphatic carbocycles. The van der Waals surface area contributed by atoms with Crippen LogP contribution in [-0.2, 0) is 0 Å². The standard InChI is InChI=1S/C19H42N.C15H34N.2ClH/c1-5-6-7-8-9-10-11-12-13-14-15-16-17-18-19-20(2,3)4;1-5-6-7-8-9-10-11-12-13-14-15-16(2,3)4;;/h5-19H2,1-4H3;5-15H2,1-4H3;2*1H/q2*+1;;/p-2. The van der Waals surface area contributed by atoms with Crippen LogP contribution in [0.25, 0.3) is 0 Å². The summed E-state index contributed by atoms with van der Waals surface area (Å²) in [5.74, 6) is 0. The van der Waals surface area contributed by atoms with E-state index in [9.17, 15) is 0 Å². The topological polar surface area (TPSA) is 0 Å². The molecule has 0 fully saturated rings. The third kappa shape index (κ3) is 49.4. The van der Waals surface area contributed by atoms with E-state index in [0.717, 1.165) is 8.97 Å². The van der Waals surface area contributed by atoms with E-state index >= 15 is 0 Å². The van der Waals surface area contributed by atoms with Crippen molar-refractivity contribution in [2.24, 2.45) is 0 Å². The molecule has 4 heteroatoms. The average molecular weight is 584 g/mol. The van der Waals surface area contributed by atoms with Gasteiger partial charge in [-0.25, -0.2) is 0 Å². The quantitative estimate of drug-likeness (QED) is 0.101. The van der Waals surface area contributed by atoms with E-state index < -0.39 is 0 Å². The predicted octanol–water partition coefficient (Wildman–Crippen LogP) is 4.80.